The number of carbonyl (C=O) groups excluding carboxylic acids is 1. The smallest absolute Gasteiger partial charge is 0.240 e. The van der Waals surface area contributed by atoms with Crippen molar-refractivity contribution in [3.05, 3.63) is 29.8 Å². The molecule has 0 fully saturated rings. The molecule has 1 rings (SSSR count). The first kappa shape index (κ1) is 18.2. The number of amides is 1. The van der Waals surface area contributed by atoms with Crippen molar-refractivity contribution in [3.8, 4) is 5.75 Å². The van der Waals surface area contributed by atoms with Crippen LogP contribution in [0.1, 0.15) is 64.4 Å². The van der Waals surface area contributed by atoms with Crippen LogP contribution in [0.5, 0.6) is 5.75 Å². The summed E-state index contributed by atoms with van der Waals surface area (Å²) in [6.45, 7) is 4.75. The molecule has 0 aromatic heterocycles. The summed E-state index contributed by atoms with van der Waals surface area (Å²) >= 11 is 0. The lowest BCUT2D eigenvalue weighted by atomic mass is 10.1. The molecule has 0 radical (unpaired) electrons. The van der Waals surface area contributed by atoms with E-state index in [1.165, 1.54) is 25.7 Å². The SMILES string of the molecule is CCCCCCCCC(=O)N/N=C\c1ccccc1OCC. The molecule has 1 aromatic rings. The van der Waals surface area contributed by atoms with Crippen molar-refractivity contribution >= 4 is 12.1 Å². The second-order valence-corrected chi connectivity index (χ2v) is 5.28. The minimum atomic E-state index is -0.0272. The Balaban J connectivity index is 2.26. The summed E-state index contributed by atoms with van der Waals surface area (Å²) in [4.78, 5) is 11.7. The molecule has 0 aliphatic rings. The van der Waals surface area contributed by atoms with Gasteiger partial charge in [-0.2, -0.15) is 5.10 Å². The Labute approximate surface area is 134 Å². The number of carbonyl (C=O) groups is 1. The van der Waals surface area contributed by atoms with E-state index in [9.17, 15) is 4.79 Å². The highest BCUT2D eigenvalue weighted by atomic mass is 16.5. The molecule has 1 N–H and O–H groups in total. The maximum Gasteiger partial charge on any atom is 0.240 e. The molecule has 4 nitrogen and oxygen atoms in total. The van der Waals surface area contributed by atoms with E-state index in [1.807, 2.05) is 31.2 Å². The number of para-hydroxylation sites is 1. The Bertz CT molecular complexity index is 458. The van der Waals surface area contributed by atoms with Crippen LogP contribution in [0, 0.1) is 0 Å². The van der Waals surface area contributed by atoms with Gasteiger partial charge in [0.1, 0.15) is 5.75 Å². The first-order valence-corrected chi connectivity index (χ1v) is 8.31. The van der Waals surface area contributed by atoms with Gasteiger partial charge in [0, 0.05) is 12.0 Å². The maximum absolute atomic E-state index is 11.7. The summed E-state index contributed by atoms with van der Waals surface area (Å²) in [5.41, 5.74) is 3.44. The summed E-state index contributed by atoms with van der Waals surface area (Å²) < 4.78 is 5.50. The van der Waals surface area contributed by atoms with Crippen molar-refractivity contribution in [2.24, 2.45) is 5.10 Å². The van der Waals surface area contributed by atoms with Crippen LogP contribution < -0.4 is 10.2 Å². The number of nitrogens with zero attached hydrogens (tertiary/aromatic N) is 1. The third-order valence-corrected chi connectivity index (χ3v) is 3.37. The van der Waals surface area contributed by atoms with Crippen LogP contribution in [-0.4, -0.2) is 18.7 Å². The molecule has 0 atom stereocenters. The molecule has 0 saturated heterocycles. The lowest BCUT2D eigenvalue weighted by molar-refractivity contribution is -0.121. The molecular formula is C18H28N2O2. The Hall–Kier alpha value is -1.84. The van der Waals surface area contributed by atoms with Gasteiger partial charge in [-0.15, -0.1) is 0 Å². The minimum absolute atomic E-state index is 0.0272. The topological polar surface area (TPSA) is 50.7 Å². The molecule has 122 valence electrons. The van der Waals surface area contributed by atoms with Crippen LogP contribution >= 0.6 is 0 Å². The van der Waals surface area contributed by atoms with E-state index in [4.69, 9.17) is 4.74 Å². The van der Waals surface area contributed by atoms with Crippen LogP contribution in [0.15, 0.2) is 29.4 Å². The normalized spacial score (nSPS) is 10.8. The van der Waals surface area contributed by atoms with Crippen molar-refractivity contribution in [1.82, 2.24) is 5.43 Å². The highest BCUT2D eigenvalue weighted by molar-refractivity contribution is 5.85. The van der Waals surface area contributed by atoms with Crippen molar-refractivity contribution in [2.75, 3.05) is 6.61 Å². The Morgan fingerprint density at radius 1 is 1.14 bits per heavy atom. The highest BCUT2D eigenvalue weighted by Gasteiger charge is 2.01. The van der Waals surface area contributed by atoms with E-state index in [-0.39, 0.29) is 5.91 Å². The summed E-state index contributed by atoms with van der Waals surface area (Å²) in [5, 5.41) is 4.01. The van der Waals surface area contributed by atoms with Gasteiger partial charge in [0.05, 0.1) is 12.8 Å². The predicted molar refractivity (Wildman–Crippen MR) is 91.3 cm³/mol. The highest BCUT2D eigenvalue weighted by Crippen LogP contribution is 2.15. The second kappa shape index (κ2) is 11.8. The summed E-state index contributed by atoms with van der Waals surface area (Å²) in [7, 11) is 0. The fourth-order valence-electron chi connectivity index (χ4n) is 2.17. The third-order valence-electron chi connectivity index (χ3n) is 3.37. The monoisotopic (exact) mass is 304 g/mol. The first-order valence-electron chi connectivity index (χ1n) is 8.31. The summed E-state index contributed by atoms with van der Waals surface area (Å²) in [5.74, 6) is 0.750. The van der Waals surface area contributed by atoms with Gasteiger partial charge in [-0.3, -0.25) is 4.79 Å². The standard InChI is InChI=1S/C18H28N2O2/c1-3-5-6-7-8-9-14-18(21)20-19-15-16-12-10-11-13-17(16)22-4-2/h10-13,15H,3-9,14H2,1-2H3,(H,20,21)/b19-15-. The third kappa shape index (κ3) is 7.81. The average molecular weight is 304 g/mol. The number of hydrogen-bond donors (Lipinski definition) is 1. The number of unbranched alkanes of at least 4 members (excludes halogenated alkanes) is 5. The van der Waals surface area contributed by atoms with Crippen LogP contribution in [-0.2, 0) is 4.79 Å². The van der Waals surface area contributed by atoms with Gasteiger partial charge >= 0.3 is 0 Å². The fraction of sp³-hybridized carbons (Fsp3) is 0.556. The Kier molecular flexibility index (Phi) is 9.75. The van der Waals surface area contributed by atoms with Crippen molar-refractivity contribution in [3.63, 3.8) is 0 Å². The molecule has 0 saturated carbocycles. The minimum Gasteiger partial charge on any atom is -0.493 e. The number of benzene rings is 1. The van der Waals surface area contributed by atoms with Crippen LogP contribution in [0.3, 0.4) is 0 Å². The quantitative estimate of drug-likeness (QED) is 0.377. The zero-order chi connectivity index (χ0) is 16.0. The molecule has 0 aliphatic carbocycles. The van der Waals surface area contributed by atoms with Gasteiger partial charge in [0.15, 0.2) is 0 Å². The molecule has 0 bridgehead atoms. The Morgan fingerprint density at radius 3 is 2.64 bits per heavy atom. The van der Waals surface area contributed by atoms with Gasteiger partial charge < -0.3 is 4.74 Å². The van der Waals surface area contributed by atoms with Crippen molar-refractivity contribution < 1.29 is 9.53 Å². The fourth-order valence-corrected chi connectivity index (χ4v) is 2.17. The molecule has 1 amide bonds. The zero-order valence-electron chi connectivity index (χ0n) is 13.8. The van der Waals surface area contributed by atoms with Crippen LogP contribution in [0.25, 0.3) is 0 Å². The molecule has 0 heterocycles. The van der Waals surface area contributed by atoms with Gasteiger partial charge in [-0.05, 0) is 25.5 Å². The predicted octanol–water partition coefficient (Wildman–Crippen LogP) is 4.29. The number of hydrogen-bond acceptors (Lipinski definition) is 3. The van der Waals surface area contributed by atoms with Crippen molar-refractivity contribution in [1.29, 1.82) is 0 Å². The maximum atomic E-state index is 11.7. The van der Waals surface area contributed by atoms with Crippen LogP contribution in [0.4, 0.5) is 0 Å². The first-order chi connectivity index (χ1) is 10.8. The summed E-state index contributed by atoms with van der Waals surface area (Å²) in [6, 6.07) is 7.64. The summed E-state index contributed by atoms with van der Waals surface area (Å²) in [6.07, 6.45) is 9.23. The van der Waals surface area contributed by atoms with E-state index in [0.717, 1.165) is 24.2 Å². The molecule has 0 aliphatic heterocycles. The van der Waals surface area contributed by atoms with Gasteiger partial charge in [0.2, 0.25) is 5.91 Å². The molecule has 1 aromatic carbocycles. The lowest BCUT2D eigenvalue weighted by Crippen LogP contribution is -2.17. The van der Waals surface area contributed by atoms with Crippen molar-refractivity contribution in [2.45, 2.75) is 58.8 Å². The average Bonchev–Trinajstić information content (AvgIpc) is 2.53. The van der Waals surface area contributed by atoms with E-state index >= 15 is 0 Å². The lowest BCUT2D eigenvalue weighted by Gasteiger charge is -2.05. The molecule has 0 unspecified atom stereocenters. The largest absolute Gasteiger partial charge is 0.493 e. The van der Waals surface area contributed by atoms with E-state index < -0.39 is 0 Å². The van der Waals surface area contributed by atoms with Crippen LogP contribution in [0.2, 0.25) is 0 Å². The van der Waals surface area contributed by atoms with Gasteiger partial charge in [-0.25, -0.2) is 5.43 Å². The number of nitrogens with one attached hydrogen (secondary N) is 1. The number of hydrazone groups is 1. The molecule has 4 heteroatoms. The van der Waals surface area contributed by atoms with Gasteiger partial charge in [0.25, 0.3) is 0 Å². The number of rotatable bonds is 11. The molecular weight excluding hydrogens is 276 g/mol. The second-order valence-electron chi connectivity index (χ2n) is 5.28. The Morgan fingerprint density at radius 2 is 1.86 bits per heavy atom. The number of ether oxygens (including phenoxy) is 1. The molecule has 0 spiro atoms. The molecule has 22 heavy (non-hydrogen) atoms. The zero-order valence-corrected chi connectivity index (χ0v) is 13.8. The van der Waals surface area contributed by atoms with E-state index in [0.29, 0.717) is 13.0 Å². The van der Waals surface area contributed by atoms with E-state index in [2.05, 4.69) is 17.5 Å². The van der Waals surface area contributed by atoms with E-state index in [1.54, 1.807) is 6.21 Å². The van der Waals surface area contributed by atoms with Gasteiger partial charge in [-0.1, -0.05) is 51.2 Å².